The molecule has 0 bridgehead atoms. The molecule has 1 amide bonds. The Kier molecular flexibility index (Phi) is 3.37. The van der Waals surface area contributed by atoms with Crippen LogP contribution in [0, 0.1) is 6.08 Å². The van der Waals surface area contributed by atoms with Crippen molar-refractivity contribution in [2.24, 2.45) is 0 Å². The minimum Gasteiger partial charge on any atom is -0.312 e. The summed E-state index contributed by atoms with van der Waals surface area (Å²) in [6.45, 7) is 1.45. The molecule has 0 aliphatic rings. The molecule has 0 aliphatic carbocycles. The molecule has 2 heterocycles. The van der Waals surface area contributed by atoms with Crippen LogP contribution in [0.15, 0.2) is 23.2 Å². The Hall–Kier alpha value is -1.83. The maximum absolute atomic E-state index is 12.6. The number of hydrogen-bond acceptors (Lipinski definition) is 4. The largest absolute Gasteiger partial charge is 0.312 e. The SMILES string of the molecule is CC(=O)N(C)c1cn(-c2cnc(F)nc2)nc1Br. The summed E-state index contributed by atoms with van der Waals surface area (Å²) < 4.78 is 14.6. The van der Waals surface area contributed by atoms with Crippen molar-refractivity contribution in [3.8, 4) is 5.69 Å². The summed E-state index contributed by atoms with van der Waals surface area (Å²) in [5, 5.41) is 4.15. The summed E-state index contributed by atoms with van der Waals surface area (Å²) in [7, 11) is 1.63. The molecular formula is C10H9BrFN5O. The van der Waals surface area contributed by atoms with Crippen LogP contribution in [-0.4, -0.2) is 32.7 Å². The summed E-state index contributed by atoms with van der Waals surface area (Å²) in [5.74, 6) is -0.120. The normalized spacial score (nSPS) is 10.4. The van der Waals surface area contributed by atoms with Gasteiger partial charge < -0.3 is 4.90 Å². The second-order valence-electron chi connectivity index (χ2n) is 3.54. The zero-order chi connectivity index (χ0) is 13.3. The lowest BCUT2D eigenvalue weighted by molar-refractivity contribution is -0.116. The van der Waals surface area contributed by atoms with Gasteiger partial charge in [0, 0.05) is 14.0 Å². The third-order valence-electron chi connectivity index (χ3n) is 2.36. The molecule has 2 aromatic rings. The third-order valence-corrected chi connectivity index (χ3v) is 2.92. The van der Waals surface area contributed by atoms with E-state index in [9.17, 15) is 9.18 Å². The lowest BCUT2D eigenvalue weighted by Crippen LogP contribution is -2.22. The van der Waals surface area contributed by atoms with Gasteiger partial charge in [0.1, 0.15) is 5.69 Å². The molecule has 0 radical (unpaired) electrons. The predicted octanol–water partition coefficient (Wildman–Crippen LogP) is 1.55. The van der Waals surface area contributed by atoms with Crippen molar-refractivity contribution >= 4 is 27.5 Å². The highest BCUT2D eigenvalue weighted by molar-refractivity contribution is 9.10. The summed E-state index contributed by atoms with van der Waals surface area (Å²) >= 11 is 3.26. The van der Waals surface area contributed by atoms with Gasteiger partial charge in [0.25, 0.3) is 0 Å². The monoisotopic (exact) mass is 313 g/mol. The Morgan fingerprint density at radius 3 is 2.61 bits per heavy atom. The topological polar surface area (TPSA) is 63.9 Å². The Morgan fingerprint density at radius 1 is 1.44 bits per heavy atom. The van der Waals surface area contributed by atoms with Crippen LogP contribution in [-0.2, 0) is 4.79 Å². The molecule has 18 heavy (non-hydrogen) atoms. The number of anilines is 1. The molecular weight excluding hydrogens is 305 g/mol. The van der Waals surface area contributed by atoms with Gasteiger partial charge in [-0.2, -0.15) is 9.49 Å². The van der Waals surface area contributed by atoms with E-state index in [1.165, 1.54) is 28.9 Å². The number of nitrogens with zero attached hydrogens (tertiary/aromatic N) is 5. The highest BCUT2D eigenvalue weighted by atomic mass is 79.9. The summed E-state index contributed by atoms with van der Waals surface area (Å²) in [6, 6.07) is 0. The molecule has 6 nitrogen and oxygen atoms in total. The van der Waals surface area contributed by atoms with Crippen LogP contribution < -0.4 is 4.90 Å². The van der Waals surface area contributed by atoms with Crippen molar-refractivity contribution in [3.05, 3.63) is 29.3 Å². The van der Waals surface area contributed by atoms with Gasteiger partial charge in [-0.25, -0.2) is 14.6 Å². The van der Waals surface area contributed by atoms with Gasteiger partial charge in [-0.15, -0.1) is 0 Å². The van der Waals surface area contributed by atoms with Crippen molar-refractivity contribution in [2.45, 2.75) is 6.92 Å². The van der Waals surface area contributed by atoms with E-state index in [2.05, 4.69) is 31.0 Å². The van der Waals surface area contributed by atoms with Gasteiger partial charge in [0.15, 0.2) is 4.60 Å². The average molecular weight is 314 g/mol. The second kappa shape index (κ2) is 4.81. The lowest BCUT2D eigenvalue weighted by atomic mass is 10.4. The number of rotatable bonds is 2. The van der Waals surface area contributed by atoms with Crippen molar-refractivity contribution in [2.75, 3.05) is 11.9 Å². The smallest absolute Gasteiger partial charge is 0.308 e. The average Bonchev–Trinajstić information content (AvgIpc) is 2.71. The van der Waals surface area contributed by atoms with Crippen molar-refractivity contribution in [3.63, 3.8) is 0 Å². The quantitative estimate of drug-likeness (QED) is 0.789. The van der Waals surface area contributed by atoms with Crippen LogP contribution in [0.4, 0.5) is 10.1 Å². The molecule has 2 aromatic heterocycles. The van der Waals surface area contributed by atoms with E-state index >= 15 is 0 Å². The molecule has 0 spiro atoms. The maximum Gasteiger partial charge on any atom is 0.308 e. The molecule has 0 saturated carbocycles. The molecule has 0 N–H and O–H groups in total. The van der Waals surface area contributed by atoms with Crippen LogP contribution in [0.3, 0.4) is 0 Å². The van der Waals surface area contributed by atoms with E-state index < -0.39 is 6.08 Å². The molecule has 0 saturated heterocycles. The van der Waals surface area contributed by atoms with E-state index in [4.69, 9.17) is 0 Å². The van der Waals surface area contributed by atoms with Gasteiger partial charge in [-0.3, -0.25) is 4.79 Å². The fourth-order valence-corrected chi connectivity index (χ4v) is 1.83. The van der Waals surface area contributed by atoms with Crippen LogP contribution >= 0.6 is 15.9 Å². The van der Waals surface area contributed by atoms with E-state index in [1.54, 1.807) is 13.2 Å². The minimum atomic E-state index is -0.800. The van der Waals surface area contributed by atoms with E-state index in [1.807, 2.05) is 0 Å². The minimum absolute atomic E-state index is 0.120. The first kappa shape index (κ1) is 12.6. The molecule has 0 aliphatic heterocycles. The molecule has 2 rings (SSSR count). The van der Waals surface area contributed by atoms with E-state index in [-0.39, 0.29) is 5.91 Å². The summed E-state index contributed by atoms with van der Waals surface area (Å²) in [5.41, 5.74) is 1.10. The molecule has 0 atom stereocenters. The fourth-order valence-electron chi connectivity index (χ4n) is 1.29. The Morgan fingerprint density at radius 2 is 2.06 bits per heavy atom. The van der Waals surface area contributed by atoms with Crippen LogP contribution in [0.5, 0.6) is 0 Å². The number of aromatic nitrogens is 4. The van der Waals surface area contributed by atoms with Gasteiger partial charge in [-0.1, -0.05) is 0 Å². The maximum atomic E-state index is 12.6. The Balaban J connectivity index is 2.40. The zero-order valence-corrected chi connectivity index (χ0v) is 11.2. The lowest BCUT2D eigenvalue weighted by Gasteiger charge is -2.11. The Labute approximate surface area is 111 Å². The van der Waals surface area contributed by atoms with Crippen molar-refractivity contribution < 1.29 is 9.18 Å². The predicted molar refractivity (Wildman–Crippen MR) is 65.9 cm³/mol. The number of carbonyl (C=O) groups is 1. The third kappa shape index (κ3) is 2.37. The van der Waals surface area contributed by atoms with Gasteiger partial charge in [0.2, 0.25) is 5.91 Å². The molecule has 0 unspecified atom stereocenters. The Bertz CT molecular complexity index is 582. The standard InChI is InChI=1S/C10H9BrFN5O/c1-6(18)16(2)8-5-17(15-9(8)11)7-3-13-10(12)14-4-7/h3-5H,1-2H3. The highest BCUT2D eigenvalue weighted by Gasteiger charge is 2.14. The van der Waals surface area contributed by atoms with Crippen LogP contribution in [0.25, 0.3) is 5.69 Å². The van der Waals surface area contributed by atoms with E-state index in [0.29, 0.717) is 16.0 Å². The van der Waals surface area contributed by atoms with Crippen molar-refractivity contribution in [1.29, 1.82) is 0 Å². The van der Waals surface area contributed by atoms with Crippen LogP contribution in [0.1, 0.15) is 6.92 Å². The highest BCUT2D eigenvalue weighted by Crippen LogP contribution is 2.25. The van der Waals surface area contributed by atoms with Gasteiger partial charge >= 0.3 is 6.08 Å². The molecule has 0 fully saturated rings. The van der Waals surface area contributed by atoms with Crippen molar-refractivity contribution in [1.82, 2.24) is 19.7 Å². The molecule has 94 valence electrons. The van der Waals surface area contributed by atoms with Gasteiger partial charge in [-0.05, 0) is 15.9 Å². The van der Waals surface area contributed by atoms with Crippen LogP contribution in [0.2, 0.25) is 0 Å². The number of carbonyl (C=O) groups excluding carboxylic acids is 1. The summed E-state index contributed by atoms with van der Waals surface area (Å²) in [6.07, 6.45) is 3.44. The first-order chi connectivity index (χ1) is 8.49. The summed E-state index contributed by atoms with van der Waals surface area (Å²) in [4.78, 5) is 19.6. The first-order valence-electron chi connectivity index (χ1n) is 4.96. The number of amides is 1. The van der Waals surface area contributed by atoms with Gasteiger partial charge in [0.05, 0.1) is 24.3 Å². The zero-order valence-electron chi connectivity index (χ0n) is 9.63. The number of hydrogen-bond donors (Lipinski definition) is 0. The number of halogens is 2. The first-order valence-corrected chi connectivity index (χ1v) is 5.75. The second-order valence-corrected chi connectivity index (χ2v) is 4.29. The van der Waals surface area contributed by atoms with E-state index in [0.717, 1.165) is 0 Å². The molecule has 0 aromatic carbocycles. The fraction of sp³-hybridized carbons (Fsp3) is 0.200. The molecule has 8 heteroatoms.